The van der Waals surface area contributed by atoms with Gasteiger partial charge in [-0.15, -0.1) is 0 Å². The van der Waals surface area contributed by atoms with Crippen LogP contribution in [0.2, 0.25) is 0 Å². The van der Waals surface area contributed by atoms with E-state index in [1.165, 1.54) is 18.6 Å². The zero-order chi connectivity index (χ0) is 18.7. The van der Waals surface area contributed by atoms with Crippen LogP contribution in [0.5, 0.6) is 0 Å². The highest BCUT2D eigenvalue weighted by Gasteiger charge is 2.25. The Morgan fingerprint density at radius 2 is 2.04 bits per heavy atom. The lowest BCUT2D eigenvalue weighted by molar-refractivity contribution is -0.136. The van der Waals surface area contributed by atoms with Crippen LogP contribution in [-0.2, 0) is 18.3 Å². The molecule has 2 aromatic rings. The average Bonchev–Trinajstić information content (AvgIpc) is 3.00. The predicted octanol–water partition coefficient (Wildman–Crippen LogP) is 3.49. The number of halogens is 1. The van der Waals surface area contributed by atoms with Crippen molar-refractivity contribution < 1.29 is 19.1 Å². The Morgan fingerprint density at radius 1 is 1.31 bits per heavy atom. The molecule has 0 spiro atoms. The fraction of sp³-hybridized carbons (Fsp3) is 0.421. The lowest BCUT2D eigenvalue weighted by Gasteiger charge is -2.20. The van der Waals surface area contributed by atoms with Gasteiger partial charge in [0.15, 0.2) is 0 Å². The van der Waals surface area contributed by atoms with Gasteiger partial charge in [-0.3, -0.25) is 14.3 Å². The van der Waals surface area contributed by atoms with Crippen LogP contribution in [0, 0.1) is 5.82 Å². The van der Waals surface area contributed by atoms with Gasteiger partial charge in [-0.25, -0.2) is 4.39 Å². The molecule has 1 saturated carbocycles. The van der Waals surface area contributed by atoms with Gasteiger partial charge in [0.25, 0.3) is 5.91 Å². The Hall–Kier alpha value is -2.70. The van der Waals surface area contributed by atoms with E-state index in [4.69, 9.17) is 5.11 Å². The third-order valence-corrected chi connectivity index (χ3v) is 4.75. The molecule has 6 nitrogen and oxygen atoms in total. The standard InChI is InChI=1S/C19H22FN3O3/c1-23-11-15(18(22-23)12-5-3-2-4-6-12)19(26)21-14-8-7-13(9-17(24)25)16(20)10-14/h7-8,10-12H,2-6,9H2,1H3,(H,21,26)(H,24,25). The topological polar surface area (TPSA) is 84.2 Å². The Morgan fingerprint density at radius 3 is 2.69 bits per heavy atom. The number of carbonyl (C=O) groups excluding carboxylic acids is 1. The van der Waals surface area contributed by atoms with Crippen molar-refractivity contribution in [2.75, 3.05) is 5.32 Å². The van der Waals surface area contributed by atoms with Crippen LogP contribution < -0.4 is 5.32 Å². The second-order valence-electron chi connectivity index (χ2n) is 6.77. The van der Waals surface area contributed by atoms with E-state index in [2.05, 4.69) is 10.4 Å². The number of aliphatic carboxylic acids is 1. The molecular formula is C19H22FN3O3. The van der Waals surface area contributed by atoms with E-state index in [1.807, 2.05) is 0 Å². The van der Waals surface area contributed by atoms with Crippen LogP contribution in [0.1, 0.15) is 59.6 Å². The van der Waals surface area contributed by atoms with Gasteiger partial charge >= 0.3 is 5.97 Å². The third-order valence-electron chi connectivity index (χ3n) is 4.75. The summed E-state index contributed by atoms with van der Waals surface area (Å²) in [6, 6.07) is 4.03. The molecule has 1 heterocycles. The highest BCUT2D eigenvalue weighted by molar-refractivity contribution is 6.05. The van der Waals surface area contributed by atoms with Crippen molar-refractivity contribution in [1.82, 2.24) is 9.78 Å². The van der Waals surface area contributed by atoms with Crippen LogP contribution >= 0.6 is 0 Å². The lowest BCUT2D eigenvalue weighted by Crippen LogP contribution is -2.16. The van der Waals surface area contributed by atoms with Crippen LogP contribution in [-0.4, -0.2) is 26.8 Å². The van der Waals surface area contributed by atoms with Gasteiger partial charge in [-0.05, 0) is 30.5 Å². The molecule has 1 aliphatic rings. The van der Waals surface area contributed by atoms with Gasteiger partial charge in [0.1, 0.15) is 5.82 Å². The van der Waals surface area contributed by atoms with Crippen LogP contribution in [0.4, 0.5) is 10.1 Å². The molecule has 0 unspecified atom stereocenters. The molecular weight excluding hydrogens is 337 g/mol. The van der Waals surface area contributed by atoms with Gasteiger partial charge < -0.3 is 10.4 Å². The Kier molecular flexibility index (Phi) is 5.35. The van der Waals surface area contributed by atoms with Crippen molar-refractivity contribution in [3.63, 3.8) is 0 Å². The summed E-state index contributed by atoms with van der Waals surface area (Å²) in [5.41, 5.74) is 1.68. The molecule has 3 rings (SSSR count). The fourth-order valence-electron chi connectivity index (χ4n) is 3.49. The van der Waals surface area contributed by atoms with E-state index in [1.54, 1.807) is 17.9 Å². The number of aryl methyl sites for hydroxylation is 1. The van der Waals surface area contributed by atoms with Crippen molar-refractivity contribution in [3.05, 3.63) is 47.0 Å². The highest BCUT2D eigenvalue weighted by atomic mass is 19.1. The molecule has 0 saturated heterocycles. The first-order valence-electron chi connectivity index (χ1n) is 8.79. The Balaban J connectivity index is 1.78. The Labute approximate surface area is 151 Å². The van der Waals surface area contributed by atoms with E-state index in [0.717, 1.165) is 37.4 Å². The summed E-state index contributed by atoms with van der Waals surface area (Å²) >= 11 is 0. The molecule has 2 N–H and O–H groups in total. The summed E-state index contributed by atoms with van der Waals surface area (Å²) in [5, 5.41) is 15.9. The molecule has 0 bridgehead atoms. The maximum absolute atomic E-state index is 14.0. The van der Waals surface area contributed by atoms with Crippen LogP contribution in [0.15, 0.2) is 24.4 Å². The van der Waals surface area contributed by atoms with Crippen molar-refractivity contribution in [2.24, 2.45) is 7.05 Å². The first-order chi connectivity index (χ1) is 12.4. The number of amides is 1. The number of nitrogens with one attached hydrogen (secondary N) is 1. The van der Waals surface area contributed by atoms with Crippen LogP contribution in [0.25, 0.3) is 0 Å². The molecule has 1 aromatic heterocycles. The number of anilines is 1. The normalized spacial score (nSPS) is 15.0. The molecule has 26 heavy (non-hydrogen) atoms. The zero-order valence-electron chi connectivity index (χ0n) is 14.7. The van der Waals surface area contributed by atoms with Gasteiger partial charge in [-0.1, -0.05) is 25.3 Å². The van der Waals surface area contributed by atoms with Gasteiger partial charge in [0, 0.05) is 24.8 Å². The summed E-state index contributed by atoms with van der Waals surface area (Å²) in [6.45, 7) is 0. The van der Waals surface area contributed by atoms with Gasteiger partial charge in [0.2, 0.25) is 0 Å². The van der Waals surface area contributed by atoms with E-state index in [-0.39, 0.29) is 17.4 Å². The number of nitrogens with zero attached hydrogens (tertiary/aromatic N) is 2. The number of carboxylic acids is 1. The molecule has 7 heteroatoms. The summed E-state index contributed by atoms with van der Waals surface area (Å²) in [7, 11) is 1.78. The first-order valence-corrected chi connectivity index (χ1v) is 8.79. The number of hydrogen-bond donors (Lipinski definition) is 2. The van der Waals surface area contributed by atoms with Crippen molar-refractivity contribution in [2.45, 2.75) is 44.4 Å². The number of aromatic nitrogens is 2. The number of hydrogen-bond acceptors (Lipinski definition) is 3. The zero-order valence-corrected chi connectivity index (χ0v) is 14.7. The Bertz CT molecular complexity index is 825. The van der Waals surface area contributed by atoms with Crippen LogP contribution in [0.3, 0.4) is 0 Å². The summed E-state index contributed by atoms with van der Waals surface area (Å²) in [6.07, 6.45) is 6.83. The molecule has 1 aromatic carbocycles. The minimum Gasteiger partial charge on any atom is -0.481 e. The van der Waals surface area contributed by atoms with Crippen molar-refractivity contribution in [3.8, 4) is 0 Å². The molecule has 1 fully saturated rings. The monoisotopic (exact) mass is 359 g/mol. The van der Waals surface area contributed by atoms with Gasteiger partial charge in [-0.2, -0.15) is 5.10 Å². The maximum atomic E-state index is 14.0. The van der Waals surface area contributed by atoms with E-state index < -0.39 is 18.2 Å². The number of benzene rings is 1. The highest BCUT2D eigenvalue weighted by Crippen LogP contribution is 2.33. The third kappa shape index (κ3) is 4.09. The molecule has 0 atom stereocenters. The van der Waals surface area contributed by atoms with Crippen molar-refractivity contribution >= 4 is 17.6 Å². The number of carboxylic acid groups (broad SMARTS) is 1. The summed E-state index contributed by atoms with van der Waals surface area (Å²) < 4.78 is 15.6. The molecule has 138 valence electrons. The van der Waals surface area contributed by atoms with E-state index in [0.29, 0.717) is 11.3 Å². The second-order valence-corrected chi connectivity index (χ2v) is 6.77. The minimum absolute atomic E-state index is 0.0831. The molecule has 1 aliphatic carbocycles. The molecule has 0 aliphatic heterocycles. The molecule has 0 radical (unpaired) electrons. The van der Waals surface area contributed by atoms with Crippen molar-refractivity contribution in [1.29, 1.82) is 0 Å². The number of carbonyl (C=O) groups is 2. The van der Waals surface area contributed by atoms with E-state index >= 15 is 0 Å². The predicted molar refractivity (Wildman–Crippen MR) is 94.7 cm³/mol. The van der Waals surface area contributed by atoms with Gasteiger partial charge in [0.05, 0.1) is 17.7 Å². The SMILES string of the molecule is Cn1cc(C(=O)Nc2ccc(CC(=O)O)c(F)c2)c(C2CCCCC2)n1. The first kappa shape index (κ1) is 18.1. The maximum Gasteiger partial charge on any atom is 0.307 e. The quantitative estimate of drug-likeness (QED) is 0.856. The lowest BCUT2D eigenvalue weighted by atomic mass is 9.85. The molecule has 1 amide bonds. The average molecular weight is 359 g/mol. The number of rotatable bonds is 5. The second kappa shape index (κ2) is 7.68. The summed E-state index contributed by atoms with van der Waals surface area (Å²) in [4.78, 5) is 23.4. The fourth-order valence-corrected chi connectivity index (χ4v) is 3.49. The largest absolute Gasteiger partial charge is 0.481 e. The summed E-state index contributed by atoms with van der Waals surface area (Å²) in [5.74, 6) is -1.80. The smallest absolute Gasteiger partial charge is 0.307 e. The minimum atomic E-state index is -1.10. The van der Waals surface area contributed by atoms with E-state index in [9.17, 15) is 14.0 Å².